The second kappa shape index (κ2) is 9.21. The number of nitrogens with two attached hydrogens (primary N) is 1. The van der Waals surface area contributed by atoms with E-state index in [1.807, 2.05) is 38.1 Å². The number of nitriles is 2. The molecule has 1 heterocycles. The fourth-order valence-electron chi connectivity index (χ4n) is 3.09. The van der Waals surface area contributed by atoms with Crippen LogP contribution in [0.2, 0.25) is 0 Å². The van der Waals surface area contributed by atoms with Crippen molar-refractivity contribution in [3.63, 3.8) is 0 Å². The number of amides is 1. The molecule has 8 heteroatoms. The number of aromatic nitrogens is 1. The molecule has 3 rings (SSSR count). The zero-order chi connectivity index (χ0) is 22.5. The average molecular weight is 430 g/mol. The van der Waals surface area contributed by atoms with E-state index in [1.165, 1.54) is 12.1 Å². The molecule has 2 aromatic carbocycles. The van der Waals surface area contributed by atoms with Gasteiger partial charge in [0.05, 0.1) is 11.3 Å². The number of aromatic hydroxyl groups is 1. The Balaban J connectivity index is 1.91. The lowest BCUT2D eigenvalue weighted by Gasteiger charge is -2.13. The molecule has 7 nitrogen and oxygen atoms in total. The number of rotatable bonds is 5. The molecule has 0 saturated carbocycles. The van der Waals surface area contributed by atoms with Gasteiger partial charge in [0.2, 0.25) is 5.91 Å². The van der Waals surface area contributed by atoms with Crippen LogP contribution in [0.15, 0.2) is 47.5 Å². The smallest absolute Gasteiger partial charge is 0.234 e. The number of anilines is 2. The van der Waals surface area contributed by atoms with Crippen molar-refractivity contribution in [2.24, 2.45) is 0 Å². The first kappa shape index (κ1) is 21.7. The summed E-state index contributed by atoms with van der Waals surface area (Å²) in [5, 5.41) is 32.0. The zero-order valence-electron chi connectivity index (χ0n) is 16.9. The van der Waals surface area contributed by atoms with Crippen LogP contribution in [-0.4, -0.2) is 21.8 Å². The molecule has 3 aromatic rings. The first-order chi connectivity index (χ1) is 14.8. The van der Waals surface area contributed by atoms with Crippen molar-refractivity contribution in [1.29, 1.82) is 10.5 Å². The van der Waals surface area contributed by atoms with Crippen molar-refractivity contribution >= 4 is 29.2 Å². The molecular formula is C23H19N5O2S. The van der Waals surface area contributed by atoms with Crippen LogP contribution in [0.4, 0.5) is 11.5 Å². The molecule has 0 aliphatic carbocycles. The summed E-state index contributed by atoms with van der Waals surface area (Å²) in [7, 11) is 0. The van der Waals surface area contributed by atoms with Crippen molar-refractivity contribution in [3.05, 3.63) is 64.7 Å². The number of nitrogens with one attached hydrogen (secondary N) is 1. The number of phenolic OH excluding ortho intramolecular Hbond substituents is 1. The van der Waals surface area contributed by atoms with Gasteiger partial charge in [0.25, 0.3) is 0 Å². The minimum atomic E-state index is -0.253. The lowest BCUT2D eigenvalue weighted by atomic mass is 9.97. The minimum Gasteiger partial charge on any atom is -0.508 e. The molecule has 0 saturated heterocycles. The average Bonchev–Trinajstić information content (AvgIpc) is 2.74. The highest BCUT2D eigenvalue weighted by Gasteiger charge is 2.21. The SMILES string of the molecule is Cc1ccc(NC(=O)CSc2nc(N)c(C#N)c(-c3ccc(O)cc3)c2C#N)c(C)c1. The Labute approximate surface area is 184 Å². The van der Waals surface area contributed by atoms with Gasteiger partial charge in [-0.1, -0.05) is 41.6 Å². The Bertz CT molecular complexity index is 1240. The maximum absolute atomic E-state index is 12.5. The monoisotopic (exact) mass is 429 g/mol. The summed E-state index contributed by atoms with van der Waals surface area (Å²) in [6.45, 7) is 3.89. The van der Waals surface area contributed by atoms with Crippen LogP contribution in [0.5, 0.6) is 5.75 Å². The van der Waals surface area contributed by atoms with E-state index < -0.39 is 0 Å². The third-order valence-electron chi connectivity index (χ3n) is 4.57. The van der Waals surface area contributed by atoms with Gasteiger partial charge in [0.1, 0.15) is 34.3 Å². The highest BCUT2D eigenvalue weighted by Crippen LogP contribution is 2.36. The van der Waals surface area contributed by atoms with E-state index in [0.717, 1.165) is 22.9 Å². The van der Waals surface area contributed by atoms with Gasteiger partial charge in [0, 0.05) is 11.3 Å². The number of aryl methyl sites for hydroxylation is 2. The van der Waals surface area contributed by atoms with Crippen molar-refractivity contribution in [1.82, 2.24) is 4.98 Å². The quantitative estimate of drug-likeness (QED) is 0.519. The van der Waals surface area contributed by atoms with Crippen molar-refractivity contribution in [3.8, 4) is 29.0 Å². The van der Waals surface area contributed by atoms with E-state index in [-0.39, 0.29) is 39.4 Å². The molecule has 31 heavy (non-hydrogen) atoms. The molecule has 4 N–H and O–H groups in total. The van der Waals surface area contributed by atoms with Crippen LogP contribution in [0.1, 0.15) is 22.3 Å². The lowest BCUT2D eigenvalue weighted by molar-refractivity contribution is -0.113. The van der Waals surface area contributed by atoms with Gasteiger partial charge in [-0.25, -0.2) is 4.98 Å². The Morgan fingerprint density at radius 1 is 1.13 bits per heavy atom. The summed E-state index contributed by atoms with van der Waals surface area (Å²) in [5.41, 5.74) is 9.85. The number of hydrogen-bond acceptors (Lipinski definition) is 7. The highest BCUT2D eigenvalue weighted by molar-refractivity contribution is 8.00. The predicted octanol–water partition coefficient (Wildman–Crippen LogP) is 4.13. The summed E-state index contributed by atoms with van der Waals surface area (Å²) in [6, 6.07) is 15.9. The Kier molecular flexibility index (Phi) is 6.44. The van der Waals surface area contributed by atoms with Gasteiger partial charge < -0.3 is 16.2 Å². The Morgan fingerprint density at radius 3 is 2.42 bits per heavy atom. The van der Waals surface area contributed by atoms with Crippen molar-refractivity contribution in [2.75, 3.05) is 16.8 Å². The van der Waals surface area contributed by atoms with Gasteiger partial charge in [-0.3, -0.25) is 4.79 Å². The summed E-state index contributed by atoms with van der Waals surface area (Å²) in [4.78, 5) is 16.7. The molecule has 0 aliphatic rings. The molecule has 0 aliphatic heterocycles. The predicted molar refractivity (Wildman–Crippen MR) is 120 cm³/mol. The zero-order valence-corrected chi connectivity index (χ0v) is 17.7. The molecule has 0 radical (unpaired) electrons. The van der Waals surface area contributed by atoms with Crippen LogP contribution >= 0.6 is 11.8 Å². The lowest BCUT2D eigenvalue weighted by Crippen LogP contribution is -2.15. The number of phenols is 1. The summed E-state index contributed by atoms with van der Waals surface area (Å²) < 4.78 is 0. The Hall–Kier alpha value is -4.01. The number of nitrogens with zero attached hydrogens (tertiary/aromatic N) is 3. The molecule has 0 unspecified atom stereocenters. The number of carbonyl (C=O) groups is 1. The van der Waals surface area contributed by atoms with Crippen molar-refractivity contribution < 1.29 is 9.90 Å². The maximum Gasteiger partial charge on any atom is 0.234 e. The molecule has 1 aromatic heterocycles. The second-order valence-electron chi connectivity index (χ2n) is 6.85. The summed E-state index contributed by atoms with van der Waals surface area (Å²) in [5.74, 6) is -0.214. The molecule has 154 valence electrons. The molecule has 0 atom stereocenters. The van der Waals surface area contributed by atoms with Crippen LogP contribution in [-0.2, 0) is 4.79 Å². The van der Waals surface area contributed by atoms with Gasteiger partial charge in [0.15, 0.2) is 0 Å². The van der Waals surface area contributed by atoms with E-state index in [4.69, 9.17) is 5.73 Å². The van der Waals surface area contributed by atoms with Crippen LogP contribution in [0.3, 0.4) is 0 Å². The van der Waals surface area contributed by atoms with E-state index in [0.29, 0.717) is 16.8 Å². The van der Waals surface area contributed by atoms with E-state index >= 15 is 0 Å². The van der Waals surface area contributed by atoms with Gasteiger partial charge in [-0.15, -0.1) is 0 Å². The third-order valence-corrected chi connectivity index (χ3v) is 5.54. The standard InChI is InChI=1S/C23H19N5O2S/c1-13-3-8-19(14(2)9-13)27-20(30)12-31-23-18(11-25)21(17(10-24)22(26)28-23)15-4-6-16(29)7-5-15/h3-9,29H,12H2,1-2H3,(H2,26,28)(H,27,30). The normalized spacial score (nSPS) is 10.2. The summed E-state index contributed by atoms with van der Waals surface area (Å²) >= 11 is 1.07. The van der Waals surface area contributed by atoms with Gasteiger partial charge in [-0.05, 0) is 43.2 Å². The molecule has 0 bridgehead atoms. The molecule has 1 amide bonds. The van der Waals surface area contributed by atoms with Gasteiger partial charge in [-0.2, -0.15) is 10.5 Å². The second-order valence-corrected chi connectivity index (χ2v) is 7.82. The topological polar surface area (TPSA) is 136 Å². The number of carbonyl (C=O) groups excluding carboxylic acids is 1. The molecular weight excluding hydrogens is 410 g/mol. The third kappa shape index (κ3) is 4.77. The molecule has 0 fully saturated rings. The first-order valence-electron chi connectivity index (χ1n) is 9.27. The summed E-state index contributed by atoms with van der Waals surface area (Å²) in [6.07, 6.45) is 0. The van der Waals surface area contributed by atoms with Crippen LogP contribution in [0.25, 0.3) is 11.1 Å². The number of hydrogen-bond donors (Lipinski definition) is 3. The number of thioether (sulfide) groups is 1. The van der Waals surface area contributed by atoms with E-state index in [9.17, 15) is 20.4 Å². The largest absolute Gasteiger partial charge is 0.508 e. The number of nitrogen functional groups attached to an aromatic ring is 1. The van der Waals surface area contributed by atoms with E-state index in [1.54, 1.807) is 12.1 Å². The van der Waals surface area contributed by atoms with Crippen molar-refractivity contribution in [2.45, 2.75) is 18.9 Å². The van der Waals surface area contributed by atoms with Crippen LogP contribution < -0.4 is 11.1 Å². The minimum absolute atomic E-state index is 0.00928. The fraction of sp³-hybridized carbons (Fsp3) is 0.130. The first-order valence-corrected chi connectivity index (χ1v) is 10.3. The Morgan fingerprint density at radius 2 is 1.81 bits per heavy atom. The van der Waals surface area contributed by atoms with Crippen LogP contribution in [0, 0.1) is 36.5 Å². The van der Waals surface area contributed by atoms with E-state index in [2.05, 4.69) is 16.4 Å². The molecule has 0 spiro atoms. The fourth-order valence-corrected chi connectivity index (χ4v) is 3.89. The highest BCUT2D eigenvalue weighted by atomic mass is 32.2. The number of benzene rings is 2. The maximum atomic E-state index is 12.5. The number of pyridine rings is 1. The van der Waals surface area contributed by atoms with Gasteiger partial charge >= 0.3 is 0 Å².